The Kier molecular flexibility index (Phi) is 5.85. The maximum atomic E-state index is 12.6. The van der Waals surface area contributed by atoms with Crippen LogP contribution in [0.1, 0.15) is 24.9 Å². The molecule has 0 unspecified atom stereocenters. The average molecular weight is 311 g/mol. The fourth-order valence-electron chi connectivity index (χ4n) is 2.90. The van der Waals surface area contributed by atoms with Gasteiger partial charge in [0, 0.05) is 25.7 Å². The Hall–Kier alpha value is -1.53. The first-order chi connectivity index (χ1) is 10.5. The maximum Gasteiger partial charge on any atom is 0.251 e. The van der Waals surface area contributed by atoms with Gasteiger partial charge in [0.1, 0.15) is 6.04 Å². The van der Waals surface area contributed by atoms with E-state index in [0.717, 1.165) is 12.0 Å². The van der Waals surface area contributed by atoms with Crippen molar-refractivity contribution in [2.45, 2.75) is 31.9 Å². The van der Waals surface area contributed by atoms with E-state index < -0.39 is 12.5 Å². The molecule has 1 aliphatic heterocycles. The fourth-order valence-corrected chi connectivity index (χ4v) is 2.90. The number of amides is 1. The van der Waals surface area contributed by atoms with Crippen LogP contribution in [0.15, 0.2) is 30.3 Å². The van der Waals surface area contributed by atoms with E-state index in [4.69, 9.17) is 5.73 Å². The predicted molar refractivity (Wildman–Crippen MR) is 81.6 cm³/mol. The van der Waals surface area contributed by atoms with E-state index in [-0.39, 0.29) is 18.5 Å². The van der Waals surface area contributed by atoms with Crippen molar-refractivity contribution < 1.29 is 13.6 Å². The first-order valence-corrected chi connectivity index (χ1v) is 7.64. The quantitative estimate of drug-likeness (QED) is 0.903. The Balaban J connectivity index is 2.00. The number of carbonyl (C=O) groups excluding carboxylic acids is 1. The molecule has 1 aromatic rings. The highest BCUT2D eigenvalue weighted by Gasteiger charge is 2.32. The van der Waals surface area contributed by atoms with Crippen LogP contribution in [0.4, 0.5) is 8.78 Å². The number of rotatable bonds is 5. The minimum absolute atomic E-state index is 0.0327. The first kappa shape index (κ1) is 16.8. The molecule has 22 heavy (non-hydrogen) atoms. The molecule has 1 aromatic carbocycles. The highest BCUT2D eigenvalue weighted by atomic mass is 19.3. The zero-order chi connectivity index (χ0) is 16.1. The van der Waals surface area contributed by atoms with Crippen LogP contribution in [0.5, 0.6) is 0 Å². The van der Waals surface area contributed by atoms with Crippen molar-refractivity contribution in [3.63, 3.8) is 0 Å². The van der Waals surface area contributed by atoms with Gasteiger partial charge in [-0.3, -0.25) is 9.69 Å². The Morgan fingerprint density at radius 2 is 2.00 bits per heavy atom. The van der Waals surface area contributed by atoms with Crippen molar-refractivity contribution in [2.75, 3.05) is 26.2 Å². The smallest absolute Gasteiger partial charge is 0.251 e. The zero-order valence-electron chi connectivity index (χ0n) is 12.8. The summed E-state index contributed by atoms with van der Waals surface area (Å²) in [5.74, 6) is -0.138. The topological polar surface area (TPSA) is 49.6 Å². The molecule has 4 nitrogen and oxygen atoms in total. The molecule has 2 atom stereocenters. The van der Waals surface area contributed by atoms with Crippen molar-refractivity contribution in [3.05, 3.63) is 35.9 Å². The van der Waals surface area contributed by atoms with Crippen LogP contribution in [0.2, 0.25) is 0 Å². The molecule has 6 heteroatoms. The normalized spacial score (nSPS) is 21.1. The van der Waals surface area contributed by atoms with Crippen LogP contribution in [0.3, 0.4) is 0 Å². The molecule has 2 N–H and O–H groups in total. The minimum Gasteiger partial charge on any atom is -0.338 e. The summed E-state index contributed by atoms with van der Waals surface area (Å²) in [4.78, 5) is 16.0. The fraction of sp³-hybridized carbons (Fsp3) is 0.562. The van der Waals surface area contributed by atoms with E-state index >= 15 is 0 Å². The lowest BCUT2D eigenvalue weighted by molar-refractivity contribution is -0.136. The van der Waals surface area contributed by atoms with Crippen LogP contribution in [-0.4, -0.2) is 54.4 Å². The van der Waals surface area contributed by atoms with Crippen LogP contribution in [0, 0.1) is 0 Å². The molecule has 0 saturated carbocycles. The molecule has 0 radical (unpaired) electrons. The predicted octanol–water partition coefficient (Wildman–Crippen LogP) is 1.87. The number of piperazine rings is 1. The number of hydrogen-bond acceptors (Lipinski definition) is 3. The van der Waals surface area contributed by atoms with Crippen LogP contribution in [0.25, 0.3) is 0 Å². The first-order valence-electron chi connectivity index (χ1n) is 7.64. The van der Waals surface area contributed by atoms with E-state index in [1.165, 1.54) is 0 Å². The highest BCUT2D eigenvalue weighted by Crippen LogP contribution is 2.19. The van der Waals surface area contributed by atoms with Crippen LogP contribution >= 0.6 is 0 Å². The molecule has 0 aliphatic carbocycles. The molecule has 1 heterocycles. The maximum absolute atomic E-state index is 12.6. The highest BCUT2D eigenvalue weighted by molar-refractivity contribution is 5.83. The molecule has 2 rings (SSSR count). The van der Waals surface area contributed by atoms with E-state index in [1.54, 1.807) is 9.80 Å². The zero-order valence-corrected chi connectivity index (χ0v) is 12.8. The lowest BCUT2D eigenvalue weighted by Crippen LogP contribution is -2.56. The van der Waals surface area contributed by atoms with Gasteiger partial charge in [0.25, 0.3) is 6.43 Å². The summed E-state index contributed by atoms with van der Waals surface area (Å²) in [5, 5.41) is 0. The average Bonchev–Trinajstić information content (AvgIpc) is 2.54. The van der Waals surface area contributed by atoms with Crippen molar-refractivity contribution >= 4 is 5.91 Å². The molecular formula is C16H23F2N3O. The molecule has 1 saturated heterocycles. The monoisotopic (exact) mass is 311 g/mol. The van der Waals surface area contributed by atoms with Gasteiger partial charge in [0.2, 0.25) is 5.91 Å². The van der Waals surface area contributed by atoms with E-state index in [9.17, 15) is 13.6 Å². The van der Waals surface area contributed by atoms with Gasteiger partial charge in [-0.15, -0.1) is 0 Å². The van der Waals surface area contributed by atoms with E-state index in [0.29, 0.717) is 19.6 Å². The van der Waals surface area contributed by atoms with Gasteiger partial charge >= 0.3 is 0 Å². The summed E-state index contributed by atoms with van der Waals surface area (Å²) in [6, 6.07) is 8.49. The summed E-state index contributed by atoms with van der Waals surface area (Å²) in [6.07, 6.45) is -1.61. The summed E-state index contributed by atoms with van der Waals surface area (Å²) < 4.78 is 25.2. The third-order valence-electron chi connectivity index (χ3n) is 4.18. The molecular weight excluding hydrogens is 288 g/mol. The van der Waals surface area contributed by atoms with Crippen molar-refractivity contribution in [1.29, 1.82) is 0 Å². The van der Waals surface area contributed by atoms with Crippen molar-refractivity contribution in [2.24, 2.45) is 5.73 Å². The number of alkyl halides is 2. The van der Waals surface area contributed by atoms with Gasteiger partial charge in [0.15, 0.2) is 0 Å². The summed E-state index contributed by atoms with van der Waals surface area (Å²) in [5.41, 5.74) is 6.82. The molecule has 1 fully saturated rings. The van der Waals surface area contributed by atoms with E-state index in [1.807, 2.05) is 37.3 Å². The Morgan fingerprint density at radius 1 is 1.32 bits per heavy atom. The van der Waals surface area contributed by atoms with Crippen LogP contribution < -0.4 is 5.73 Å². The number of carbonyl (C=O) groups is 1. The largest absolute Gasteiger partial charge is 0.338 e. The third-order valence-corrected chi connectivity index (χ3v) is 4.18. The van der Waals surface area contributed by atoms with Crippen molar-refractivity contribution in [3.8, 4) is 0 Å². The number of benzene rings is 1. The third kappa shape index (κ3) is 4.01. The number of hydrogen-bond donors (Lipinski definition) is 1. The van der Waals surface area contributed by atoms with Gasteiger partial charge in [0.05, 0.1) is 6.54 Å². The summed E-state index contributed by atoms with van der Waals surface area (Å²) in [6.45, 7) is 3.10. The molecule has 122 valence electrons. The van der Waals surface area contributed by atoms with Gasteiger partial charge in [-0.1, -0.05) is 37.3 Å². The van der Waals surface area contributed by atoms with Gasteiger partial charge in [-0.25, -0.2) is 8.78 Å². The van der Waals surface area contributed by atoms with Gasteiger partial charge in [-0.05, 0) is 12.0 Å². The molecule has 1 amide bonds. The Labute approximate surface area is 129 Å². The molecule has 0 bridgehead atoms. The van der Waals surface area contributed by atoms with Crippen LogP contribution in [-0.2, 0) is 4.79 Å². The van der Waals surface area contributed by atoms with Crippen molar-refractivity contribution in [1.82, 2.24) is 9.80 Å². The van der Waals surface area contributed by atoms with Gasteiger partial charge in [-0.2, -0.15) is 0 Å². The molecule has 0 aromatic heterocycles. The summed E-state index contributed by atoms with van der Waals surface area (Å²) >= 11 is 0. The Morgan fingerprint density at radius 3 is 2.59 bits per heavy atom. The van der Waals surface area contributed by atoms with E-state index in [2.05, 4.69) is 0 Å². The summed E-state index contributed by atoms with van der Waals surface area (Å²) in [7, 11) is 0. The second kappa shape index (κ2) is 7.65. The Bertz CT molecular complexity index is 484. The molecule has 0 spiro atoms. The SMILES string of the molecule is CC[C@H]1CN(C(=O)[C@H](N)c2ccccc2)CCN1CC(F)F. The number of halogens is 2. The second-order valence-corrected chi connectivity index (χ2v) is 5.62. The van der Waals surface area contributed by atoms with Gasteiger partial charge < -0.3 is 10.6 Å². The lowest BCUT2D eigenvalue weighted by atomic mass is 10.0. The molecule has 1 aliphatic rings. The lowest BCUT2D eigenvalue weighted by Gasteiger charge is -2.41. The standard InChI is InChI=1S/C16H23F2N3O/c1-2-13-10-21(9-8-20(13)11-14(17)18)16(22)15(19)12-6-4-3-5-7-12/h3-7,13-15H,2,8-11,19H2,1H3/t13-,15+/m0/s1. The number of nitrogens with zero attached hydrogens (tertiary/aromatic N) is 2. The minimum atomic E-state index is -2.34. The number of nitrogens with two attached hydrogens (primary N) is 1. The second-order valence-electron chi connectivity index (χ2n) is 5.62.